The second kappa shape index (κ2) is 7.43. The van der Waals surface area contributed by atoms with E-state index in [1.165, 1.54) is 22.4 Å². The minimum Gasteiger partial charge on any atom is -0.337 e. The quantitative estimate of drug-likeness (QED) is 0.872. The Balaban J connectivity index is 1.72. The number of aromatic nitrogens is 2. The van der Waals surface area contributed by atoms with E-state index in [1.54, 1.807) is 0 Å². The molecule has 2 aromatic rings. The summed E-state index contributed by atoms with van der Waals surface area (Å²) in [6.07, 6.45) is 3.04. The molecule has 5 nitrogen and oxygen atoms in total. The van der Waals surface area contributed by atoms with Crippen molar-refractivity contribution in [3.8, 4) is 0 Å². The Morgan fingerprint density at radius 2 is 1.92 bits per heavy atom. The monoisotopic (exact) mass is 325 g/mol. The van der Waals surface area contributed by atoms with Crippen LogP contribution in [0.15, 0.2) is 47.3 Å². The van der Waals surface area contributed by atoms with Crippen LogP contribution in [-0.2, 0) is 6.54 Å². The highest BCUT2D eigenvalue weighted by Gasteiger charge is 2.23. The maximum Gasteiger partial charge on any atom is 0.274 e. The first-order valence-electron chi connectivity index (χ1n) is 8.61. The molecular formula is C19H23N3O2. The van der Waals surface area contributed by atoms with Crippen LogP contribution in [0.1, 0.15) is 48.2 Å². The van der Waals surface area contributed by atoms with Gasteiger partial charge in [0.1, 0.15) is 5.69 Å². The number of hydrogen-bond acceptors (Lipinski definition) is 3. The number of benzene rings is 1. The maximum atomic E-state index is 12.7. The standard InChI is InChI=1S/C19H23N3O2/c1-2-22-18(23)11-10-17(20-22)19(24)21-13-6-9-16(12-14-21)15-7-4-3-5-8-15/h3-5,7-8,10-11,16H,2,6,9,12-14H2,1H3. The van der Waals surface area contributed by atoms with Crippen LogP contribution in [0.2, 0.25) is 0 Å². The summed E-state index contributed by atoms with van der Waals surface area (Å²) in [5, 5.41) is 4.19. The minimum atomic E-state index is -0.172. The topological polar surface area (TPSA) is 55.2 Å². The van der Waals surface area contributed by atoms with Gasteiger partial charge in [0.2, 0.25) is 0 Å². The van der Waals surface area contributed by atoms with Gasteiger partial charge in [0, 0.05) is 25.7 Å². The van der Waals surface area contributed by atoms with Crippen molar-refractivity contribution in [2.24, 2.45) is 0 Å². The number of rotatable bonds is 3. The fourth-order valence-corrected chi connectivity index (χ4v) is 3.31. The first-order chi connectivity index (χ1) is 11.7. The van der Waals surface area contributed by atoms with Crippen molar-refractivity contribution in [2.75, 3.05) is 13.1 Å². The first kappa shape index (κ1) is 16.4. The van der Waals surface area contributed by atoms with Crippen molar-refractivity contribution in [2.45, 2.75) is 38.6 Å². The van der Waals surface area contributed by atoms with Crippen molar-refractivity contribution in [1.82, 2.24) is 14.7 Å². The molecule has 1 unspecified atom stereocenters. The summed E-state index contributed by atoms with van der Waals surface area (Å²) in [4.78, 5) is 26.2. The van der Waals surface area contributed by atoms with E-state index in [1.807, 2.05) is 17.9 Å². The Labute approximate surface area is 141 Å². The fraction of sp³-hybridized carbons (Fsp3) is 0.421. The number of hydrogen-bond donors (Lipinski definition) is 0. The first-order valence-corrected chi connectivity index (χ1v) is 8.61. The molecule has 3 rings (SSSR count). The zero-order chi connectivity index (χ0) is 16.9. The summed E-state index contributed by atoms with van der Waals surface area (Å²) < 4.78 is 1.33. The molecule has 0 aliphatic carbocycles. The van der Waals surface area contributed by atoms with Crippen molar-refractivity contribution in [1.29, 1.82) is 0 Å². The third-order valence-electron chi connectivity index (χ3n) is 4.67. The Morgan fingerprint density at radius 3 is 2.67 bits per heavy atom. The van der Waals surface area contributed by atoms with E-state index in [2.05, 4.69) is 29.4 Å². The molecule has 1 saturated heterocycles. The lowest BCUT2D eigenvalue weighted by molar-refractivity contribution is 0.0752. The highest BCUT2D eigenvalue weighted by atomic mass is 16.2. The number of carbonyl (C=O) groups excluding carboxylic acids is 1. The predicted octanol–water partition coefficient (Wildman–Crippen LogP) is 2.67. The van der Waals surface area contributed by atoms with Crippen LogP contribution in [0.3, 0.4) is 0 Å². The van der Waals surface area contributed by atoms with Gasteiger partial charge in [-0.15, -0.1) is 0 Å². The normalized spacial score (nSPS) is 18.2. The van der Waals surface area contributed by atoms with Gasteiger partial charge in [-0.3, -0.25) is 9.59 Å². The van der Waals surface area contributed by atoms with Gasteiger partial charge >= 0.3 is 0 Å². The van der Waals surface area contributed by atoms with Gasteiger partial charge in [0.05, 0.1) is 0 Å². The van der Waals surface area contributed by atoms with Crippen molar-refractivity contribution >= 4 is 5.91 Å². The van der Waals surface area contributed by atoms with E-state index in [-0.39, 0.29) is 11.5 Å². The van der Waals surface area contributed by atoms with Crippen LogP contribution in [0, 0.1) is 0 Å². The van der Waals surface area contributed by atoms with Gasteiger partial charge in [0.15, 0.2) is 0 Å². The van der Waals surface area contributed by atoms with Crippen LogP contribution >= 0.6 is 0 Å². The second-order valence-electron chi connectivity index (χ2n) is 6.20. The Morgan fingerprint density at radius 1 is 1.12 bits per heavy atom. The molecule has 0 saturated carbocycles. The van der Waals surface area contributed by atoms with Gasteiger partial charge in [-0.1, -0.05) is 30.3 Å². The van der Waals surface area contributed by atoms with Crippen LogP contribution in [-0.4, -0.2) is 33.7 Å². The number of likely N-dealkylation sites (tertiary alicyclic amines) is 1. The molecule has 126 valence electrons. The molecule has 2 heterocycles. The van der Waals surface area contributed by atoms with E-state index in [0.717, 1.165) is 32.4 Å². The van der Waals surface area contributed by atoms with Crippen molar-refractivity contribution in [3.63, 3.8) is 0 Å². The molecule has 1 fully saturated rings. The molecule has 0 bridgehead atoms. The molecule has 5 heteroatoms. The number of aryl methyl sites for hydroxylation is 1. The van der Waals surface area contributed by atoms with E-state index in [4.69, 9.17) is 0 Å². The fourth-order valence-electron chi connectivity index (χ4n) is 3.31. The van der Waals surface area contributed by atoms with E-state index in [9.17, 15) is 9.59 Å². The second-order valence-corrected chi connectivity index (χ2v) is 6.20. The smallest absolute Gasteiger partial charge is 0.274 e. The average molecular weight is 325 g/mol. The molecule has 1 aromatic carbocycles. The number of carbonyl (C=O) groups is 1. The van der Waals surface area contributed by atoms with Crippen molar-refractivity contribution < 1.29 is 4.79 Å². The SMILES string of the molecule is CCn1nc(C(=O)N2CCCC(c3ccccc3)CC2)ccc1=O. The minimum absolute atomic E-state index is 0.0779. The Bertz CT molecular complexity index is 755. The lowest BCUT2D eigenvalue weighted by atomic mass is 9.92. The number of nitrogens with zero attached hydrogens (tertiary/aromatic N) is 3. The van der Waals surface area contributed by atoms with E-state index >= 15 is 0 Å². The Hall–Kier alpha value is -2.43. The zero-order valence-electron chi connectivity index (χ0n) is 14.0. The summed E-state index contributed by atoms with van der Waals surface area (Å²) in [5.41, 5.74) is 1.54. The van der Waals surface area contributed by atoms with Gasteiger partial charge in [0.25, 0.3) is 11.5 Å². The summed E-state index contributed by atoms with van der Waals surface area (Å²) in [5.74, 6) is 0.424. The highest BCUT2D eigenvalue weighted by Crippen LogP contribution is 2.28. The van der Waals surface area contributed by atoms with Gasteiger partial charge < -0.3 is 4.90 Å². The van der Waals surface area contributed by atoms with Crippen LogP contribution < -0.4 is 5.56 Å². The van der Waals surface area contributed by atoms with Gasteiger partial charge in [-0.2, -0.15) is 5.10 Å². The molecule has 1 aromatic heterocycles. The maximum absolute atomic E-state index is 12.7. The third kappa shape index (κ3) is 3.55. The molecule has 1 atom stereocenters. The summed E-state index contributed by atoms with van der Waals surface area (Å²) in [6.45, 7) is 3.79. The molecule has 0 spiro atoms. The van der Waals surface area contributed by atoms with Crippen molar-refractivity contribution in [3.05, 3.63) is 64.1 Å². The molecule has 0 N–H and O–H groups in total. The Kier molecular flexibility index (Phi) is 5.08. The van der Waals surface area contributed by atoms with Gasteiger partial charge in [-0.25, -0.2) is 4.68 Å². The third-order valence-corrected chi connectivity index (χ3v) is 4.67. The number of amides is 1. The molecular weight excluding hydrogens is 302 g/mol. The van der Waals surface area contributed by atoms with E-state index < -0.39 is 0 Å². The van der Waals surface area contributed by atoms with Crippen LogP contribution in [0.5, 0.6) is 0 Å². The highest BCUT2D eigenvalue weighted by molar-refractivity contribution is 5.92. The molecule has 1 aliphatic heterocycles. The lowest BCUT2D eigenvalue weighted by Gasteiger charge is -2.20. The van der Waals surface area contributed by atoms with Gasteiger partial charge in [-0.05, 0) is 43.7 Å². The summed E-state index contributed by atoms with van der Waals surface area (Å²) in [6, 6.07) is 13.5. The molecule has 1 amide bonds. The molecule has 0 radical (unpaired) electrons. The molecule has 24 heavy (non-hydrogen) atoms. The summed E-state index contributed by atoms with van der Waals surface area (Å²) in [7, 11) is 0. The average Bonchev–Trinajstić information content (AvgIpc) is 2.88. The summed E-state index contributed by atoms with van der Waals surface area (Å²) >= 11 is 0. The van der Waals surface area contributed by atoms with Crippen LogP contribution in [0.4, 0.5) is 0 Å². The zero-order valence-corrected chi connectivity index (χ0v) is 14.0. The molecule has 1 aliphatic rings. The lowest BCUT2D eigenvalue weighted by Crippen LogP contribution is -2.34. The van der Waals surface area contributed by atoms with Crippen LogP contribution in [0.25, 0.3) is 0 Å². The largest absolute Gasteiger partial charge is 0.337 e. The predicted molar refractivity (Wildman–Crippen MR) is 93.1 cm³/mol. The van der Waals surface area contributed by atoms with E-state index in [0.29, 0.717) is 18.2 Å².